The van der Waals surface area contributed by atoms with Gasteiger partial charge in [0.2, 0.25) is 0 Å². The molecule has 2 aromatic carbocycles. The Morgan fingerprint density at radius 3 is 2.17 bits per heavy atom. The molecule has 1 saturated heterocycles. The first kappa shape index (κ1) is 32.6. The van der Waals surface area contributed by atoms with E-state index in [1.54, 1.807) is 37.4 Å². The van der Waals surface area contributed by atoms with Gasteiger partial charge in [0.25, 0.3) is 11.8 Å². The van der Waals surface area contributed by atoms with Crippen molar-refractivity contribution in [1.29, 1.82) is 0 Å². The monoisotopic (exact) mass is 678 g/mol. The van der Waals surface area contributed by atoms with Crippen LogP contribution in [0.3, 0.4) is 0 Å². The molecular weight excluding hydrogens is 639 g/mol. The van der Waals surface area contributed by atoms with E-state index < -0.39 is 18.3 Å². The van der Waals surface area contributed by atoms with Crippen molar-refractivity contribution < 1.29 is 23.6 Å². The van der Waals surface area contributed by atoms with Crippen molar-refractivity contribution >= 4 is 56.3 Å². The van der Waals surface area contributed by atoms with E-state index in [1.807, 2.05) is 47.6 Å². The van der Waals surface area contributed by atoms with E-state index in [-0.39, 0.29) is 27.0 Å². The van der Waals surface area contributed by atoms with E-state index in [9.17, 15) is 9.59 Å². The van der Waals surface area contributed by atoms with Gasteiger partial charge in [-0.1, -0.05) is 71.7 Å². The van der Waals surface area contributed by atoms with Crippen LogP contribution in [0.4, 0.5) is 0 Å². The van der Waals surface area contributed by atoms with Crippen LogP contribution in [0.25, 0.3) is 0 Å². The summed E-state index contributed by atoms with van der Waals surface area (Å²) in [7, 11) is 0.899. The van der Waals surface area contributed by atoms with Crippen molar-refractivity contribution in [2.45, 2.75) is 89.7 Å². The van der Waals surface area contributed by atoms with Crippen molar-refractivity contribution in [3.63, 3.8) is 0 Å². The molecule has 0 aliphatic carbocycles. The molecule has 40 heavy (non-hydrogen) atoms. The highest BCUT2D eigenvalue weighted by atomic mass is 79.9. The molecule has 1 atom stereocenters. The van der Waals surface area contributed by atoms with Crippen molar-refractivity contribution in [3.8, 4) is 5.75 Å². The maximum Gasteiger partial charge on any atom is 0.495 e. The minimum Gasteiger partial charge on any atom is -0.496 e. The smallest absolute Gasteiger partial charge is 0.495 e. The Labute approximate surface area is 256 Å². The van der Waals surface area contributed by atoms with Crippen molar-refractivity contribution in [2.75, 3.05) is 7.11 Å². The van der Waals surface area contributed by atoms with Gasteiger partial charge < -0.3 is 14.0 Å². The minimum atomic E-state index is -0.669. The number of nitrogens with zero attached hydrogens (tertiary/aromatic N) is 1. The normalized spacial score (nSPS) is 17.1. The summed E-state index contributed by atoms with van der Waals surface area (Å²) in [4.78, 5) is 27.8. The first-order valence-electron chi connectivity index (χ1n) is 13.5. The zero-order valence-electron chi connectivity index (χ0n) is 25.1. The predicted molar refractivity (Wildman–Crippen MR) is 168 cm³/mol. The zero-order valence-corrected chi connectivity index (χ0v) is 28.3. The maximum atomic E-state index is 14.3. The van der Waals surface area contributed by atoms with Crippen molar-refractivity contribution in [1.82, 2.24) is 10.4 Å². The zero-order chi connectivity index (χ0) is 30.2. The fourth-order valence-electron chi connectivity index (χ4n) is 4.92. The molecule has 0 aromatic heterocycles. The summed E-state index contributed by atoms with van der Waals surface area (Å²) in [6.45, 7) is 18.0. The molecule has 0 spiro atoms. The maximum absolute atomic E-state index is 14.3. The lowest BCUT2D eigenvalue weighted by atomic mass is 9.75. The van der Waals surface area contributed by atoms with E-state index in [0.29, 0.717) is 28.9 Å². The number of hydrazine groups is 1. The Balaban J connectivity index is 2.07. The average Bonchev–Trinajstić information content (AvgIpc) is 3.08. The van der Waals surface area contributed by atoms with E-state index in [0.717, 1.165) is 11.0 Å². The highest BCUT2D eigenvalue weighted by Crippen LogP contribution is 2.38. The van der Waals surface area contributed by atoms with E-state index in [2.05, 4.69) is 58.1 Å². The predicted octanol–water partition coefficient (Wildman–Crippen LogP) is 6.70. The van der Waals surface area contributed by atoms with Crippen LogP contribution in [0.1, 0.15) is 97.4 Å². The lowest BCUT2D eigenvalue weighted by Crippen LogP contribution is -2.56. The van der Waals surface area contributed by atoms with Crippen LogP contribution in [-0.4, -0.2) is 48.3 Å². The number of methoxy groups -OCH3 is 1. The summed E-state index contributed by atoms with van der Waals surface area (Å²) in [6, 6.07) is 10.5. The third kappa shape index (κ3) is 6.61. The molecule has 0 radical (unpaired) electrons. The van der Waals surface area contributed by atoms with Gasteiger partial charge in [0, 0.05) is 16.7 Å². The standard InChI is InChI=1S/C30H41BBr2N2O5/c1-11-24(28(3,4)5)35(34-26(36)20-13-12-14-23(38-10)18(20)2)27(37)19-15-16-21(25(32)33)22(17-19)31-39-29(6,7)30(8,9)40-31/h12-17,24-25H,11H2,1-10H3,(H,34,36). The molecule has 10 heteroatoms. The minimum absolute atomic E-state index is 0.178. The van der Waals surface area contributed by atoms with Crippen molar-refractivity contribution in [2.24, 2.45) is 5.41 Å². The number of carbonyl (C=O) groups is 2. The Morgan fingerprint density at radius 2 is 1.68 bits per heavy atom. The largest absolute Gasteiger partial charge is 0.496 e. The fourth-order valence-corrected chi connectivity index (χ4v) is 5.76. The quantitative estimate of drug-likeness (QED) is 0.200. The number of ether oxygens (including phenoxy) is 1. The molecule has 1 fully saturated rings. The number of hydrogen-bond donors (Lipinski definition) is 1. The van der Waals surface area contributed by atoms with Gasteiger partial charge in [-0.2, -0.15) is 0 Å². The lowest BCUT2D eigenvalue weighted by molar-refractivity contribution is 0.00578. The molecule has 2 aromatic rings. The van der Waals surface area contributed by atoms with E-state index in [4.69, 9.17) is 14.0 Å². The number of nitrogens with one attached hydrogen (secondary N) is 1. The van der Waals surface area contributed by atoms with Crippen LogP contribution < -0.4 is 15.6 Å². The van der Waals surface area contributed by atoms with Crippen LogP contribution in [0.15, 0.2) is 36.4 Å². The summed E-state index contributed by atoms with van der Waals surface area (Å²) in [5.74, 6) is -0.0907. The Morgan fingerprint density at radius 1 is 1.07 bits per heavy atom. The lowest BCUT2D eigenvalue weighted by Gasteiger charge is -2.39. The number of hydrogen-bond acceptors (Lipinski definition) is 5. The van der Waals surface area contributed by atoms with Gasteiger partial charge in [0.1, 0.15) is 5.75 Å². The molecule has 1 heterocycles. The van der Waals surface area contributed by atoms with E-state index >= 15 is 0 Å². The van der Waals surface area contributed by atoms with Gasteiger partial charge >= 0.3 is 7.12 Å². The molecule has 0 bridgehead atoms. The third-order valence-electron chi connectivity index (χ3n) is 7.96. The summed E-state index contributed by atoms with van der Waals surface area (Å²) in [6.07, 6.45) is 0.639. The topological polar surface area (TPSA) is 77.1 Å². The molecule has 218 valence electrons. The van der Waals surface area contributed by atoms with Gasteiger partial charge in [-0.05, 0) is 81.7 Å². The Kier molecular flexibility index (Phi) is 9.92. The first-order valence-corrected chi connectivity index (χ1v) is 15.3. The van der Waals surface area contributed by atoms with Crippen molar-refractivity contribution in [3.05, 3.63) is 58.7 Å². The molecule has 1 aliphatic heterocycles. The number of halogens is 2. The van der Waals surface area contributed by atoms with E-state index in [1.165, 1.54) is 5.01 Å². The second kappa shape index (κ2) is 12.2. The first-order chi connectivity index (χ1) is 18.4. The highest BCUT2D eigenvalue weighted by molar-refractivity contribution is 9.24. The van der Waals surface area contributed by atoms with Gasteiger partial charge in [-0.25, -0.2) is 5.01 Å². The van der Waals surface area contributed by atoms with Crippen LogP contribution in [0, 0.1) is 12.3 Å². The highest BCUT2D eigenvalue weighted by Gasteiger charge is 2.52. The Bertz CT molecular complexity index is 1240. The molecule has 7 nitrogen and oxygen atoms in total. The van der Waals surface area contributed by atoms with Gasteiger partial charge in [0.15, 0.2) is 0 Å². The average molecular weight is 680 g/mol. The SMILES string of the molecule is CCC(N(NC(=O)c1cccc(OC)c1C)C(=O)c1ccc(C(Br)Br)c(B2OC(C)(C)C(C)(C)O2)c1)C(C)(C)C. The molecule has 1 aliphatic rings. The van der Waals surface area contributed by atoms with Crippen LogP contribution in [0.2, 0.25) is 0 Å². The molecular formula is C30H41BBr2N2O5. The Hall–Kier alpha value is -1.88. The number of rotatable bonds is 7. The third-order valence-corrected chi connectivity index (χ3v) is 8.95. The van der Waals surface area contributed by atoms with Gasteiger partial charge in [-0.15, -0.1) is 0 Å². The molecule has 3 rings (SSSR count). The summed E-state index contributed by atoms with van der Waals surface area (Å²) in [5.41, 5.74) is 4.72. The number of amides is 2. The summed E-state index contributed by atoms with van der Waals surface area (Å²) in [5, 5.41) is 1.48. The second-order valence-corrected chi connectivity index (χ2v) is 15.3. The number of alkyl halides is 2. The number of carbonyl (C=O) groups excluding carboxylic acids is 2. The molecule has 1 N–H and O–H groups in total. The fraction of sp³-hybridized carbons (Fsp3) is 0.533. The molecule has 0 saturated carbocycles. The summed E-state index contributed by atoms with van der Waals surface area (Å²) >= 11 is 7.22. The second-order valence-electron chi connectivity index (χ2n) is 12.3. The number of benzene rings is 2. The van der Waals surface area contributed by atoms with Crippen LogP contribution in [0.5, 0.6) is 5.75 Å². The van der Waals surface area contributed by atoms with Gasteiger partial charge in [0.05, 0.1) is 28.1 Å². The van der Waals surface area contributed by atoms with Crippen LogP contribution in [-0.2, 0) is 9.31 Å². The summed E-state index contributed by atoms with van der Waals surface area (Å²) < 4.78 is 17.9. The molecule has 2 amide bonds. The van der Waals surface area contributed by atoms with Gasteiger partial charge in [-0.3, -0.25) is 15.0 Å². The van der Waals surface area contributed by atoms with Crippen LogP contribution >= 0.6 is 31.9 Å². The molecule has 1 unspecified atom stereocenters.